The quantitative estimate of drug-likeness (QED) is 0.332. The first-order valence-electron chi connectivity index (χ1n) is 3.61. The molecule has 0 radical (unpaired) electrons. The van der Waals surface area contributed by atoms with Crippen molar-refractivity contribution in [2.24, 2.45) is 0 Å². The van der Waals surface area contributed by atoms with E-state index >= 15 is 0 Å². The van der Waals surface area contributed by atoms with Gasteiger partial charge >= 0.3 is 12.1 Å². The zero-order valence-electron chi connectivity index (χ0n) is 7.43. The molecule has 0 aromatic heterocycles. The molecule has 0 atom stereocenters. The molecule has 0 aromatic carbocycles. The van der Waals surface area contributed by atoms with E-state index in [1.165, 1.54) is 7.05 Å². The highest BCUT2D eigenvalue weighted by molar-refractivity contribution is 6.00. The molecule has 74 valence electrons. The highest BCUT2D eigenvalue weighted by Crippen LogP contribution is 1.75. The second-order valence-electron chi connectivity index (χ2n) is 1.92. The van der Waals surface area contributed by atoms with E-state index in [0.717, 1.165) is 0 Å². The van der Waals surface area contributed by atoms with Crippen molar-refractivity contribution in [1.82, 2.24) is 16.0 Å². The van der Waals surface area contributed by atoms with E-state index in [9.17, 15) is 9.59 Å². The van der Waals surface area contributed by atoms with Crippen molar-refractivity contribution in [3.8, 4) is 0 Å². The second kappa shape index (κ2) is 5.81. The number of alkyl carbamates (subject to hydrolysis) is 1. The summed E-state index contributed by atoms with van der Waals surface area (Å²) in [6.07, 6.45) is -0.774. The van der Waals surface area contributed by atoms with E-state index in [1.807, 2.05) is 10.6 Å². The summed E-state index contributed by atoms with van der Waals surface area (Å²) < 4.78 is 4.47. The summed E-state index contributed by atoms with van der Waals surface area (Å²) in [5.41, 5.74) is 0. The summed E-state index contributed by atoms with van der Waals surface area (Å²) in [6.45, 7) is 1.84. The summed E-state index contributed by atoms with van der Waals surface area (Å²) in [4.78, 5) is 21.3. The monoisotopic (exact) mass is 188 g/mol. The Balaban J connectivity index is 3.74. The number of carbonyl (C=O) groups excluding carboxylic acids is 2. The summed E-state index contributed by atoms with van der Waals surface area (Å²) >= 11 is 0. The van der Waals surface area contributed by atoms with Crippen molar-refractivity contribution in [2.75, 3.05) is 13.7 Å². The van der Waals surface area contributed by atoms with Crippen LogP contribution in [0.5, 0.6) is 0 Å². The van der Waals surface area contributed by atoms with Crippen LogP contribution in [0.1, 0.15) is 6.92 Å². The van der Waals surface area contributed by atoms with E-state index in [1.54, 1.807) is 6.92 Å². The van der Waals surface area contributed by atoms with E-state index in [-0.39, 0.29) is 6.61 Å². The van der Waals surface area contributed by atoms with Crippen LogP contribution in [0.2, 0.25) is 0 Å². The number of urea groups is 1. The molecule has 0 rings (SSSR count). The lowest BCUT2D eigenvalue weighted by atomic mass is 10.8. The van der Waals surface area contributed by atoms with Crippen LogP contribution in [0.15, 0.2) is 0 Å². The molecule has 0 spiro atoms. The Labute approximate surface area is 75.3 Å². The van der Waals surface area contributed by atoms with Gasteiger partial charge in [-0.1, -0.05) is 0 Å². The molecule has 0 saturated heterocycles. The zero-order valence-corrected chi connectivity index (χ0v) is 7.43. The number of rotatable bonds is 1. The van der Waals surface area contributed by atoms with Gasteiger partial charge in [0.1, 0.15) is 0 Å². The number of amides is 3. The summed E-state index contributed by atoms with van der Waals surface area (Å²) in [7, 11) is 1.40. The van der Waals surface area contributed by atoms with Gasteiger partial charge in [-0.05, 0) is 6.92 Å². The smallest absolute Gasteiger partial charge is 0.413 e. The van der Waals surface area contributed by atoms with Gasteiger partial charge in [0.05, 0.1) is 6.61 Å². The van der Waals surface area contributed by atoms with Crippen molar-refractivity contribution in [3.05, 3.63) is 0 Å². The molecule has 7 heteroatoms. The number of ether oxygens (including phenoxy) is 1. The molecule has 0 heterocycles. The van der Waals surface area contributed by atoms with Gasteiger partial charge in [0.25, 0.3) is 0 Å². The number of hydrogen-bond acceptors (Lipinski definition) is 4. The van der Waals surface area contributed by atoms with Gasteiger partial charge < -0.3 is 10.1 Å². The van der Waals surface area contributed by atoms with Gasteiger partial charge in [-0.2, -0.15) is 0 Å². The van der Waals surface area contributed by atoms with Crippen LogP contribution in [0.3, 0.4) is 0 Å². The van der Waals surface area contributed by atoms with Crippen LogP contribution in [-0.2, 0) is 4.74 Å². The van der Waals surface area contributed by atoms with Crippen molar-refractivity contribution >= 4 is 18.1 Å². The van der Waals surface area contributed by atoms with Gasteiger partial charge in [-0.3, -0.25) is 16.0 Å². The Hall–Kier alpha value is -1.79. The Morgan fingerprint density at radius 1 is 1.38 bits per heavy atom. The maximum Gasteiger partial charge on any atom is 0.413 e. The molecule has 0 aliphatic rings. The summed E-state index contributed by atoms with van der Waals surface area (Å²) in [5, 5.41) is 13.3. The van der Waals surface area contributed by atoms with Crippen LogP contribution in [0.4, 0.5) is 9.59 Å². The fourth-order valence-corrected chi connectivity index (χ4v) is 0.477. The molecule has 0 fully saturated rings. The third kappa shape index (κ3) is 5.48. The molecule has 0 bridgehead atoms. The highest BCUT2D eigenvalue weighted by atomic mass is 16.5. The molecular weight excluding hydrogens is 176 g/mol. The Kier molecular flexibility index (Phi) is 5.01. The van der Waals surface area contributed by atoms with Crippen LogP contribution in [0.25, 0.3) is 0 Å². The minimum absolute atomic E-state index is 0.207. The summed E-state index contributed by atoms with van der Waals surface area (Å²) in [6, 6.07) is -0.582. The van der Waals surface area contributed by atoms with Crippen LogP contribution in [-0.4, -0.2) is 31.7 Å². The molecule has 7 nitrogen and oxygen atoms in total. The first-order valence-corrected chi connectivity index (χ1v) is 3.61. The van der Waals surface area contributed by atoms with Crippen molar-refractivity contribution in [3.63, 3.8) is 0 Å². The lowest BCUT2D eigenvalue weighted by Gasteiger charge is -2.06. The summed E-state index contributed by atoms with van der Waals surface area (Å²) in [5.74, 6) is -0.433. The third-order valence-corrected chi connectivity index (χ3v) is 0.968. The maximum atomic E-state index is 10.7. The second-order valence-corrected chi connectivity index (χ2v) is 1.92. The molecule has 3 amide bonds. The number of carbonyl (C=O) groups is 2. The van der Waals surface area contributed by atoms with Crippen LogP contribution >= 0.6 is 0 Å². The van der Waals surface area contributed by atoms with Crippen molar-refractivity contribution < 1.29 is 14.3 Å². The molecule has 13 heavy (non-hydrogen) atoms. The lowest BCUT2D eigenvalue weighted by molar-refractivity contribution is 0.157. The normalized spacial score (nSPS) is 8.46. The van der Waals surface area contributed by atoms with Gasteiger partial charge in [0, 0.05) is 7.05 Å². The minimum Gasteiger partial charge on any atom is -0.450 e. The van der Waals surface area contributed by atoms with E-state index in [4.69, 9.17) is 5.41 Å². The number of guanidine groups is 1. The number of nitrogens with one attached hydrogen (secondary N) is 4. The average molecular weight is 188 g/mol. The Morgan fingerprint density at radius 3 is 2.46 bits per heavy atom. The fraction of sp³-hybridized carbons (Fsp3) is 0.500. The Morgan fingerprint density at radius 2 is 2.00 bits per heavy atom. The van der Waals surface area contributed by atoms with Gasteiger partial charge in [-0.15, -0.1) is 0 Å². The van der Waals surface area contributed by atoms with Crippen molar-refractivity contribution in [2.45, 2.75) is 6.92 Å². The molecule has 0 aliphatic carbocycles. The van der Waals surface area contributed by atoms with E-state index in [0.29, 0.717) is 0 Å². The van der Waals surface area contributed by atoms with E-state index in [2.05, 4.69) is 10.1 Å². The molecular formula is C6H12N4O3. The standard InChI is InChI=1S/C6H12N4O3/c1-3-13-6(12)10-4(7)9-5(11)8-2/h3H2,1-2H3,(H4,7,8,9,10,11,12). The topological polar surface area (TPSA) is 103 Å². The first kappa shape index (κ1) is 11.2. The molecule has 0 saturated carbocycles. The SMILES string of the molecule is CCOC(=O)NC(=N)NC(=O)NC. The van der Waals surface area contributed by atoms with E-state index < -0.39 is 18.1 Å². The highest BCUT2D eigenvalue weighted by Gasteiger charge is 2.06. The maximum absolute atomic E-state index is 10.7. The molecule has 0 unspecified atom stereocenters. The van der Waals surface area contributed by atoms with Gasteiger partial charge in [0.15, 0.2) is 0 Å². The molecule has 4 N–H and O–H groups in total. The Bertz CT molecular complexity index is 216. The largest absolute Gasteiger partial charge is 0.450 e. The first-order chi connectivity index (χ1) is 6.10. The molecule has 0 aliphatic heterocycles. The lowest BCUT2D eigenvalue weighted by Crippen LogP contribution is -2.46. The van der Waals surface area contributed by atoms with Crippen LogP contribution < -0.4 is 16.0 Å². The van der Waals surface area contributed by atoms with Gasteiger partial charge in [0.2, 0.25) is 5.96 Å². The van der Waals surface area contributed by atoms with Gasteiger partial charge in [-0.25, -0.2) is 9.59 Å². The average Bonchev–Trinajstić information content (AvgIpc) is 2.04. The predicted molar refractivity (Wildman–Crippen MR) is 45.5 cm³/mol. The number of hydrogen-bond donors (Lipinski definition) is 4. The minimum atomic E-state index is -0.774. The molecule has 0 aromatic rings. The zero-order chi connectivity index (χ0) is 10.3. The fourth-order valence-electron chi connectivity index (χ4n) is 0.477. The predicted octanol–water partition coefficient (Wildman–Crippen LogP) is -0.404. The van der Waals surface area contributed by atoms with Crippen molar-refractivity contribution in [1.29, 1.82) is 5.41 Å². The third-order valence-electron chi connectivity index (χ3n) is 0.968. The van der Waals surface area contributed by atoms with Crippen LogP contribution in [0, 0.1) is 5.41 Å².